The fourth-order valence-electron chi connectivity index (χ4n) is 2.67. The first-order chi connectivity index (χ1) is 10.1. The van der Waals surface area contributed by atoms with E-state index in [0.29, 0.717) is 25.6 Å². The van der Waals surface area contributed by atoms with Crippen molar-refractivity contribution in [2.24, 2.45) is 0 Å². The van der Waals surface area contributed by atoms with E-state index in [2.05, 4.69) is 10.3 Å². The van der Waals surface area contributed by atoms with Gasteiger partial charge >= 0.3 is 0 Å². The first-order valence-electron chi connectivity index (χ1n) is 7.59. The molecule has 0 aliphatic heterocycles. The van der Waals surface area contributed by atoms with E-state index in [9.17, 15) is 9.59 Å². The van der Waals surface area contributed by atoms with Crippen LogP contribution in [0.3, 0.4) is 0 Å². The van der Waals surface area contributed by atoms with Crippen LogP contribution < -0.4 is 5.32 Å². The minimum atomic E-state index is -0.0208. The molecule has 114 valence electrons. The average molecular weight is 289 g/mol. The van der Waals surface area contributed by atoms with Crippen molar-refractivity contribution in [2.75, 3.05) is 6.54 Å². The van der Waals surface area contributed by atoms with E-state index < -0.39 is 0 Å². The van der Waals surface area contributed by atoms with E-state index in [-0.39, 0.29) is 11.8 Å². The van der Waals surface area contributed by atoms with Crippen molar-refractivity contribution >= 4 is 11.8 Å². The molecule has 0 aromatic carbocycles. The SMILES string of the molecule is CC(=O)N(CCC(=O)NC1CCCC1)Cc1cccnc1. The highest BCUT2D eigenvalue weighted by Crippen LogP contribution is 2.17. The predicted molar refractivity (Wildman–Crippen MR) is 80.3 cm³/mol. The highest BCUT2D eigenvalue weighted by Gasteiger charge is 2.18. The minimum Gasteiger partial charge on any atom is -0.353 e. The van der Waals surface area contributed by atoms with Crippen LogP contribution in [-0.2, 0) is 16.1 Å². The maximum absolute atomic E-state index is 11.9. The molecular weight excluding hydrogens is 266 g/mol. The number of nitrogens with zero attached hydrogens (tertiary/aromatic N) is 2. The molecule has 1 aliphatic rings. The summed E-state index contributed by atoms with van der Waals surface area (Å²) in [6.45, 7) is 2.48. The van der Waals surface area contributed by atoms with Crippen LogP contribution in [0.2, 0.25) is 0 Å². The molecule has 1 aromatic rings. The lowest BCUT2D eigenvalue weighted by atomic mass is 10.2. The normalized spacial score (nSPS) is 14.9. The van der Waals surface area contributed by atoms with Gasteiger partial charge in [0.15, 0.2) is 0 Å². The number of hydrogen-bond donors (Lipinski definition) is 1. The van der Waals surface area contributed by atoms with Gasteiger partial charge in [0, 0.05) is 44.9 Å². The molecule has 2 rings (SSSR count). The van der Waals surface area contributed by atoms with Crippen LogP contribution in [-0.4, -0.2) is 34.3 Å². The van der Waals surface area contributed by atoms with Crippen LogP contribution in [0.1, 0.15) is 44.6 Å². The molecule has 0 bridgehead atoms. The zero-order chi connectivity index (χ0) is 15.1. The number of aromatic nitrogens is 1. The van der Waals surface area contributed by atoms with Crippen LogP contribution in [0.4, 0.5) is 0 Å². The second-order valence-corrected chi connectivity index (χ2v) is 5.60. The highest BCUT2D eigenvalue weighted by molar-refractivity contribution is 5.78. The molecule has 1 aromatic heterocycles. The Balaban J connectivity index is 1.79. The van der Waals surface area contributed by atoms with Gasteiger partial charge in [-0.2, -0.15) is 0 Å². The summed E-state index contributed by atoms with van der Waals surface area (Å²) in [6, 6.07) is 4.11. The number of nitrogens with one attached hydrogen (secondary N) is 1. The van der Waals surface area contributed by atoms with Gasteiger partial charge in [-0.15, -0.1) is 0 Å². The molecule has 1 N–H and O–H groups in total. The summed E-state index contributed by atoms with van der Waals surface area (Å²) in [5.74, 6) is 0.0202. The largest absolute Gasteiger partial charge is 0.353 e. The summed E-state index contributed by atoms with van der Waals surface area (Å²) < 4.78 is 0. The first-order valence-corrected chi connectivity index (χ1v) is 7.59. The molecule has 0 unspecified atom stereocenters. The summed E-state index contributed by atoms with van der Waals surface area (Å²) in [7, 11) is 0. The second-order valence-electron chi connectivity index (χ2n) is 5.60. The van der Waals surface area contributed by atoms with E-state index >= 15 is 0 Å². The van der Waals surface area contributed by atoms with E-state index in [1.807, 2.05) is 12.1 Å². The van der Waals surface area contributed by atoms with Crippen molar-refractivity contribution in [2.45, 2.75) is 51.6 Å². The Morgan fingerprint density at radius 3 is 2.76 bits per heavy atom. The van der Waals surface area contributed by atoms with E-state index in [0.717, 1.165) is 18.4 Å². The smallest absolute Gasteiger partial charge is 0.221 e. The Bertz CT molecular complexity index is 470. The van der Waals surface area contributed by atoms with Crippen molar-refractivity contribution in [1.82, 2.24) is 15.2 Å². The zero-order valence-electron chi connectivity index (χ0n) is 12.5. The minimum absolute atomic E-state index is 0.0208. The lowest BCUT2D eigenvalue weighted by molar-refractivity contribution is -0.130. The molecule has 5 heteroatoms. The molecule has 0 radical (unpaired) electrons. The van der Waals surface area contributed by atoms with Gasteiger partial charge in [0.2, 0.25) is 11.8 Å². The summed E-state index contributed by atoms with van der Waals surface area (Å²) in [5, 5.41) is 3.05. The predicted octanol–water partition coefficient (Wildman–Crippen LogP) is 1.88. The van der Waals surface area contributed by atoms with E-state index in [1.54, 1.807) is 17.3 Å². The topological polar surface area (TPSA) is 62.3 Å². The van der Waals surface area contributed by atoms with Crippen molar-refractivity contribution in [3.8, 4) is 0 Å². The quantitative estimate of drug-likeness (QED) is 0.869. The van der Waals surface area contributed by atoms with Gasteiger partial charge in [-0.3, -0.25) is 14.6 Å². The number of carbonyl (C=O) groups is 2. The van der Waals surface area contributed by atoms with Gasteiger partial charge in [-0.05, 0) is 24.5 Å². The van der Waals surface area contributed by atoms with Crippen molar-refractivity contribution in [1.29, 1.82) is 0 Å². The van der Waals surface area contributed by atoms with Gasteiger partial charge in [-0.1, -0.05) is 18.9 Å². The molecule has 0 saturated heterocycles. The van der Waals surface area contributed by atoms with Crippen molar-refractivity contribution < 1.29 is 9.59 Å². The van der Waals surface area contributed by atoms with E-state index in [4.69, 9.17) is 0 Å². The molecule has 1 saturated carbocycles. The summed E-state index contributed by atoms with van der Waals surface area (Å²) >= 11 is 0. The summed E-state index contributed by atoms with van der Waals surface area (Å²) in [4.78, 5) is 29.3. The van der Waals surface area contributed by atoms with Crippen LogP contribution in [0.25, 0.3) is 0 Å². The fraction of sp³-hybridized carbons (Fsp3) is 0.562. The Kier molecular flexibility index (Phi) is 5.72. The second kappa shape index (κ2) is 7.76. The summed E-state index contributed by atoms with van der Waals surface area (Å²) in [6.07, 6.45) is 8.37. The Labute approximate surface area is 125 Å². The maximum Gasteiger partial charge on any atom is 0.221 e. The third-order valence-corrected chi connectivity index (χ3v) is 3.87. The van der Waals surface area contributed by atoms with Crippen LogP contribution in [0, 0.1) is 0 Å². The average Bonchev–Trinajstić information content (AvgIpc) is 2.97. The van der Waals surface area contributed by atoms with Gasteiger partial charge in [0.1, 0.15) is 0 Å². The zero-order valence-corrected chi connectivity index (χ0v) is 12.5. The molecule has 1 aliphatic carbocycles. The number of carbonyl (C=O) groups excluding carboxylic acids is 2. The monoisotopic (exact) mass is 289 g/mol. The van der Waals surface area contributed by atoms with Gasteiger partial charge in [0.25, 0.3) is 0 Å². The van der Waals surface area contributed by atoms with E-state index in [1.165, 1.54) is 19.8 Å². The molecule has 21 heavy (non-hydrogen) atoms. The molecule has 1 fully saturated rings. The number of pyridine rings is 1. The number of amides is 2. The third-order valence-electron chi connectivity index (χ3n) is 3.87. The van der Waals surface area contributed by atoms with Crippen LogP contribution >= 0.6 is 0 Å². The van der Waals surface area contributed by atoms with Gasteiger partial charge in [-0.25, -0.2) is 0 Å². The van der Waals surface area contributed by atoms with Crippen molar-refractivity contribution in [3.63, 3.8) is 0 Å². The first kappa shape index (κ1) is 15.5. The van der Waals surface area contributed by atoms with Crippen LogP contribution in [0.15, 0.2) is 24.5 Å². The van der Waals surface area contributed by atoms with Gasteiger partial charge in [0.05, 0.1) is 0 Å². The fourth-order valence-corrected chi connectivity index (χ4v) is 2.67. The Hall–Kier alpha value is -1.91. The number of hydrogen-bond acceptors (Lipinski definition) is 3. The Morgan fingerprint density at radius 2 is 2.14 bits per heavy atom. The Morgan fingerprint density at radius 1 is 1.38 bits per heavy atom. The standard InChI is InChI=1S/C16H23N3O2/c1-13(20)19(12-14-5-4-9-17-11-14)10-8-16(21)18-15-6-2-3-7-15/h4-5,9,11,15H,2-3,6-8,10,12H2,1H3,(H,18,21). The molecule has 1 heterocycles. The van der Waals surface area contributed by atoms with Gasteiger partial charge < -0.3 is 10.2 Å². The molecule has 0 spiro atoms. The molecule has 2 amide bonds. The molecule has 5 nitrogen and oxygen atoms in total. The number of rotatable bonds is 6. The molecular formula is C16H23N3O2. The molecule has 0 atom stereocenters. The summed E-state index contributed by atoms with van der Waals surface area (Å²) in [5.41, 5.74) is 0.976. The lowest BCUT2D eigenvalue weighted by Crippen LogP contribution is -2.36. The lowest BCUT2D eigenvalue weighted by Gasteiger charge is -2.21. The van der Waals surface area contributed by atoms with Crippen molar-refractivity contribution in [3.05, 3.63) is 30.1 Å². The third kappa shape index (κ3) is 5.17. The highest BCUT2D eigenvalue weighted by atomic mass is 16.2. The van der Waals surface area contributed by atoms with Crippen LogP contribution in [0.5, 0.6) is 0 Å². The maximum atomic E-state index is 11.9.